The van der Waals surface area contributed by atoms with Crippen molar-refractivity contribution in [2.75, 3.05) is 52.5 Å². The maximum atomic E-state index is 11.5. The van der Waals surface area contributed by atoms with Gasteiger partial charge in [0.1, 0.15) is 21.9 Å². The summed E-state index contributed by atoms with van der Waals surface area (Å²) >= 11 is 0. The molecule has 0 aliphatic carbocycles. The number of aromatic nitrogens is 4. The van der Waals surface area contributed by atoms with E-state index in [1.54, 1.807) is 20.3 Å². The Balaban J connectivity index is 1.25. The Labute approximate surface area is 233 Å². The number of H-pyrrole nitrogens is 1. The maximum absolute atomic E-state index is 11.5. The third kappa shape index (κ3) is 6.80. The van der Waals surface area contributed by atoms with E-state index in [1.807, 2.05) is 36.4 Å². The standard InChI is InChI=1S/C28H33N5O6S/c1-36-21-6-4-20(5-7-21)23-16-27(32-31-23)39-28-22-14-25(37-2)26(15-24(22)29-18-30-28)38-17-19-8-10-33(11-9-19)12-13-40(3,34)35/h4-7,14-16,18-19H,8-13,17H2,1-3H3,(H,31,32). The molecule has 0 atom stereocenters. The first-order valence-corrected chi connectivity index (χ1v) is 15.1. The lowest BCUT2D eigenvalue weighted by Crippen LogP contribution is -2.38. The summed E-state index contributed by atoms with van der Waals surface area (Å²) in [5, 5.41) is 7.94. The molecule has 3 heterocycles. The number of sulfone groups is 1. The first-order valence-electron chi connectivity index (χ1n) is 13.0. The molecule has 2 aromatic heterocycles. The highest BCUT2D eigenvalue weighted by atomic mass is 32.2. The highest BCUT2D eigenvalue weighted by Gasteiger charge is 2.22. The van der Waals surface area contributed by atoms with Gasteiger partial charge in [-0.1, -0.05) is 0 Å². The van der Waals surface area contributed by atoms with E-state index in [2.05, 4.69) is 25.1 Å². The van der Waals surface area contributed by atoms with Crippen molar-refractivity contribution in [2.45, 2.75) is 12.8 Å². The summed E-state index contributed by atoms with van der Waals surface area (Å²) in [5.74, 6) is 3.21. The topological polar surface area (TPSA) is 129 Å². The van der Waals surface area contributed by atoms with Crippen LogP contribution in [0.4, 0.5) is 0 Å². The summed E-state index contributed by atoms with van der Waals surface area (Å²) in [7, 11) is 0.269. The van der Waals surface area contributed by atoms with Gasteiger partial charge in [-0.05, 0) is 67.7 Å². The van der Waals surface area contributed by atoms with Gasteiger partial charge in [-0.25, -0.2) is 18.4 Å². The van der Waals surface area contributed by atoms with Crippen molar-refractivity contribution in [3.05, 3.63) is 48.8 Å². The van der Waals surface area contributed by atoms with Crippen LogP contribution in [0.3, 0.4) is 0 Å². The molecule has 1 fully saturated rings. The van der Waals surface area contributed by atoms with Crippen molar-refractivity contribution in [1.82, 2.24) is 25.1 Å². The van der Waals surface area contributed by atoms with Crippen LogP contribution in [-0.4, -0.2) is 86.0 Å². The number of piperidine rings is 1. The normalized spacial score (nSPS) is 14.8. The van der Waals surface area contributed by atoms with Gasteiger partial charge < -0.3 is 23.8 Å². The molecule has 0 spiro atoms. The highest BCUT2D eigenvalue weighted by Crippen LogP contribution is 2.37. The Morgan fingerprint density at radius 2 is 1.77 bits per heavy atom. The number of nitrogens with one attached hydrogen (secondary N) is 1. The Morgan fingerprint density at radius 3 is 2.48 bits per heavy atom. The van der Waals surface area contributed by atoms with Gasteiger partial charge in [0.25, 0.3) is 0 Å². The summed E-state index contributed by atoms with van der Waals surface area (Å²) in [6.07, 6.45) is 4.61. The average molecular weight is 568 g/mol. The Morgan fingerprint density at radius 1 is 1.00 bits per heavy atom. The van der Waals surface area contributed by atoms with Gasteiger partial charge in [-0.15, -0.1) is 5.10 Å². The number of likely N-dealkylation sites (tertiary alicyclic amines) is 1. The summed E-state index contributed by atoms with van der Waals surface area (Å²) in [4.78, 5) is 10.9. The fourth-order valence-electron chi connectivity index (χ4n) is 4.65. The number of ether oxygens (including phenoxy) is 4. The van der Waals surface area contributed by atoms with Crippen molar-refractivity contribution in [2.24, 2.45) is 5.92 Å². The van der Waals surface area contributed by atoms with Gasteiger partial charge >= 0.3 is 0 Å². The quantitative estimate of drug-likeness (QED) is 0.284. The number of fused-ring (bicyclic) bond motifs is 1. The van der Waals surface area contributed by atoms with Crippen LogP contribution < -0.4 is 18.9 Å². The minimum atomic E-state index is -2.95. The first kappa shape index (κ1) is 27.7. The number of nitrogens with zero attached hydrogens (tertiary/aromatic N) is 4. The number of aromatic amines is 1. The smallest absolute Gasteiger partial charge is 0.240 e. The summed E-state index contributed by atoms with van der Waals surface area (Å²) in [6, 6.07) is 13.1. The van der Waals surface area contributed by atoms with Crippen molar-refractivity contribution in [1.29, 1.82) is 0 Å². The van der Waals surface area contributed by atoms with Gasteiger partial charge in [-0.3, -0.25) is 5.10 Å². The zero-order chi connectivity index (χ0) is 28.1. The van der Waals surface area contributed by atoms with Crippen LogP contribution in [0.5, 0.6) is 29.0 Å². The van der Waals surface area contributed by atoms with Gasteiger partial charge in [0, 0.05) is 24.9 Å². The summed E-state index contributed by atoms with van der Waals surface area (Å²) < 4.78 is 46.0. The molecule has 12 heteroatoms. The molecule has 4 aromatic rings. The molecular weight excluding hydrogens is 534 g/mol. The minimum absolute atomic E-state index is 0.194. The SMILES string of the molecule is COc1ccc(-c2cc(Oc3ncnc4cc(OCC5CCN(CCS(C)(=O)=O)CC5)c(OC)cc34)n[nH]2)cc1. The van der Waals surface area contributed by atoms with E-state index in [4.69, 9.17) is 18.9 Å². The molecule has 1 aliphatic heterocycles. The van der Waals surface area contributed by atoms with Crippen LogP contribution in [0, 0.1) is 5.92 Å². The van der Waals surface area contributed by atoms with E-state index in [-0.39, 0.29) is 5.75 Å². The number of methoxy groups -OCH3 is 2. The van der Waals surface area contributed by atoms with Gasteiger partial charge in [0.15, 0.2) is 11.5 Å². The second-order valence-corrected chi connectivity index (χ2v) is 12.1. The molecule has 1 aliphatic rings. The Bertz CT molecular complexity index is 1550. The lowest BCUT2D eigenvalue weighted by Gasteiger charge is -2.31. The molecule has 1 saturated heterocycles. The first-order chi connectivity index (χ1) is 19.3. The van der Waals surface area contributed by atoms with Crippen molar-refractivity contribution < 1.29 is 27.4 Å². The van der Waals surface area contributed by atoms with Crippen LogP contribution in [0.2, 0.25) is 0 Å². The second-order valence-electron chi connectivity index (χ2n) is 9.88. The highest BCUT2D eigenvalue weighted by molar-refractivity contribution is 7.90. The molecule has 212 valence electrons. The molecule has 0 unspecified atom stereocenters. The fourth-order valence-corrected chi connectivity index (χ4v) is 5.24. The van der Waals surface area contributed by atoms with Crippen molar-refractivity contribution >= 4 is 20.7 Å². The maximum Gasteiger partial charge on any atom is 0.240 e. The van der Waals surface area contributed by atoms with Crippen LogP contribution in [-0.2, 0) is 9.84 Å². The van der Waals surface area contributed by atoms with E-state index < -0.39 is 9.84 Å². The molecule has 40 heavy (non-hydrogen) atoms. The summed E-state index contributed by atoms with van der Waals surface area (Å²) in [6.45, 7) is 2.84. The van der Waals surface area contributed by atoms with E-state index in [0.29, 0.717) is 53.2 Å². The molecule has 0 radical (unpaired) electrons. The number of benzene rings is 2. The predicted octanol–water partition coefficient (Wildman–Crippen LogP) is 3.96. The summed E-state index contributed by atoms with van der Waals surface area (Å²) in [5.41, 5.74) is 2.39. The van der Waals surface area contributed by atoms with E-state index >= 15 is 0 Å². The lowest BCUT2D eigenvalue weighted by molar-refractivity contribution is 0.144. The largest absolute Gasteiger partial charge is 0.497 e. The molecule has 2 aromatic carbocycles. The van der Waals surface area contributed by atoms with Crippen LogP contribution in [0.25, 0.3) is 22.2 Å². The molecule has 0 amide bonds. The van der Waals surface area contributed by atoms with E-state index in [9.17, 15) is 8.42 Å². The van der Waals surface area contributed by atoms with Gasteiger partial charge in [-0.2, -0.15) is 0 Å². The van der Waals surface area contributed by atoms with Crippen LogP contribution in [0.1, 0.15) is 12.8 Å². The molecule has 5 rings (SSSR count). The molecular formula is C28H33N5O6S. The third-order valence-electron chi connectivity index (χ3n) is 7.00. The van der Waals surface area contributed by atoms with Crippen molar-refractivity contribution in [3.63, 3.8) is 0 Å². The monoisotopic (exact) mass is 567 g/mol. The second kappa shape index (κ2) is 12.1. The van der Waals surface area contributed by atoms with Gasteiger partial charge in [0.05, 0.1) is 43.2 Å². The average Bonchev–Trinajstić information content (AvgIpc) is 3.43. The number of hydrogen-bond acceptors (Lipinski definition) is 10. The van der Waals surface area contributed by atoms with Crippen LogP contribution in [0.15, 0.2) is 48.8 Å². The van der Waals surface area contributed by atoms with Crippen molar-refractivity contribution in [3.8, 4) is 40.3 Å². The predicted molar refractivity (Wildman–Crippen MR) is 151 cm³/mol. The molecule has 0 saturated carbocycles. The molecule has 0 bridgehead atoms. The zero-order valence-electron chi connectivity index (χ0n) is 22.8. The Kier molecular flexibility index (Phi) is 8.36. The Hall–Kier alpha value is -3.90. The minimum Gasteiger partial charge on any atom is -0.497 e. The fraction of sp³-hybridized carbons (Fsp3) is 0.393. The third-order valence-corrected chi connectivity index (χ3v) is 7.92. The number of rotatable bonds is 11. The van der Waals surface area contributed by atoms with E-state index in [0.717, 1.165) is 42.9 Å². The molecule has 1 N–H and O–H groups in total. The lowest BCUT2D eigenvalue weighted by atomic mass is 9.98. The van der Waals surface area contributed by atoms with E-state index in [1.165, 1.54) is 12.6 Å². The molecule has 11 nitrogen and oxygen atoms in total. The van der Waals surface area contributed by atoms with Crippen LogP contribution >= 0.6 is 0 Å². The van der Waals surface area contributed by atoms with Gasteiger partial charge in [0.2, 0.25) is 11.8 Å². The number of hydrogen-bond donors (Lipinski definition) is 1. The zero-order valence-corrected chi connectivity index (χ0v) is 23.6.